The molecular weight excluding hydrogens is 306 g/mol. The Morgan fingerprint density at radius 2 is 2.00 bits per heavy atom. The van der Waals surface area contributed by atoms with E-state index in [1.165, 1.54) is 0 Å². The molecule has 128 valence electrons. The topological polar surface area (TPSA) is 71.5 Å². The number of pyridine rings is 1. The molecule has 2 aromatic rings. The third kappa shape index (κ3) is 3.89. The van der Waals surface area contributed by atoms with Gasteiger partial charge in [-0.2, -0.15) is 0 Å². The number of fused-ring (bicyclic) bond motifs is 1. The Hall–Kier alpha value is -2.47. The molecule has 1 heterocycles. The average molecular weight is 329 g/mol. The first-order valence-corrected chi connectivity index (χ1v) is 7.92. The number of aromatic nitrogens is 1. The van der Waals surface area contributed by atoms with Gasteiger partial charge >= 0.3 is 5.97 Å². The Morgan fingerprint density at radius 3 is 2.67 bits per heavy atom. The highest BCUT2D eigenvalue weighted by atomic mass is 16.5. The quantitative estimate of drug-likeness (QED) is 0.820. The van der Waals surface area contributed by atoms with Gasteiger partial charge in [0.15, 0.2) is 0 Å². The molecule has 0 unspecified atom stereocenters. The van der Waals surface area contributed by atoms with E-state index in [9.17, 15) is 9.59 Å². The van der Waals surface area contributed by atoms with Crippen LogP contribution in [0.25, 0.3) is 10.9 Å². The third-order valence-electron chi connectivity index (χ3n) is 3.82. The molecule has 6 nitrogen and oxygen atoms in total. The van der Waals surface area contributed by atoms with E-state index >= 15 is 0 Å². The number of nitrogens with one attached hydrogen (secondary N) is 1. The van der Waals surface area contributed by atoms with Crippen LogP contribution >= 0.6 is 0 Å². The maximum Gasteiger partial charge on any atom is 0.340 e. The van der Waals surface area contributed by atoms with E-state index in [2.05, 4.69) is 10.3 Å². The van der Waals surface area contributed by atoms with Gasteiger partial charge in [0, 0.05) is 19.0 Å². The fourth-order valence-electron chi connectivity index (χ4n) is 2.67. The van der Waals surface area contributed by atoms with Gasteiger partial charge in [0.05, 0.1) is 29.9 Å². The fourth-order valence-corrected chi connectivity index (χ4v) is 2.67. The Morgan fingerprint density at radius 1 is 1.29 bits per heavy atom. The number of esters is 1. The lowest BCUT2D eigenvalue weighted by Crippen LogP contribution is -2.33. The van der Waals surface area contributed by atoms with Gasteiger partial charge in [-0.1, -0.05) is 18.2 Å². The molecule has 0 spiro atoms. The van der Waals surface area contributed by atoms with Crippen molar-refractivity contribution in [3.63, 3.8) is 0 Å². The first-order valence-electron chi connectivity index (χ1n) is 7.92. The number of amides is 1. The Labute approximate surface area is 141 Å². The van der Waals surface area contributed by atoms with Crippen LogP contribution in [0.3, 0.4) is 0 Å². The van der Waals surface area contributed by atoms with Crippen LogP contribution in [0, 0.1) is 6.92 Å². The predicted molar refractivity (Wildman–Crippen MR) is 92.8 cm³/mol. The molecule has 2 rings (SSSR count). The number of para-hydroxylation sites is 1. The second kappa shape index (κ2) is 7.88. The smallest absolute Gasteiger partial charge is 0.340 e. The summed E-state index contributed by atoms with van der Waals surface area (Å²) >= 11 is 0. The van der Waals surface area contributed by atoms with Crippen LogP contribution in [0.5, 0.6) is 0 Å². The molecule has 0 aliphatic carbocycles. The van der Waals surface area contributed by atoms with Gasteiger partial charge in [0.2, 0.25) is 5.91 Å². The molecule has 0 atom stereocenters. The second-order valence-corrected chi connectivity index (χ2v) is 5.64. The minimum Gasteiger partial charge on any atom is -0.462 e. The lowest BCUT2D eigenvalue weighted by atomic mass is 10.0. The zero-order valence-electron chi connectivity index (χ0n) is 14.5. The molecule has 0 saturated carbocycles. The van der Waals surface area contributed by atoms with E-state index in [4.69, 9.17) is 4.74 Å². The average Bonchev–Trinajstić information content (AvgIpc) is 2.55. The number of hydrogen-bond acceptors (Lipinski definition) is 5. The predicted octanol–water partition coefficient (Wildman–Crippen LogP) is 1.90. The van der Waals surface area contributed by atoms with E-state index in [0.717, 1.165) is 16.5 Å². The van der Waals surface area contributed by atoms with Gasteiger partial charge in [0.1, 0.15) is 0 Å². The Bertz CT molecular complexity index is 759. The molecule has 1 aromatic carbocycles. The maximum absolute atomic E-state index is 12.4. The summed E-state index contributed by atoms with van der Waals surface area (Å²) in [5.41, 5.74) is 2.78. The van der Waals surface area contributed by atoms with Gasteiger partial charge < -0.3 is 10.1 Å². The van der Waals surface area contributed by atoms with Crippen molar-refractivity contribution in [3.05, 3.63) is 41.1 Å². The number of nitrogens with zero attached hydrogens (tertiary/aromatic N) is 2. The summed E-state index contributed by atoms with van der Waals surface area (Å²) in [5.74, 6) is -0.468. The van der Waals surface area contributed by atoms with Crippen molar-refractivity contribution in [2.45, 2.75) is 20.4 Å². The van der Waals surface area contributed by atoms with Crippen LogP contribution in [0.15, 0.2) is 24.3 Å². The van der Waals surface area contributed by atoms with Crippen LogP contribution in [-0.2, 0) is 16.1 Å². The SMILES string of the molecule is CCOC(=O)c1c(CN(C)CC(=O)NC)nc2ccccc2c1C. The molecule has 1 aromatic heterocycles. The monoisotopic (exact) mass is 329 g/mol. The standard InChI is InChI=1S/C18H23N3O3/c1-5-24-18(23)17-12(2)13-8-6-7-9-14(13)20-15(17)10-21(4)11-16(22)19-3/h6-9H,5,10-11H2,1-4H3,(H,19,22). The van der Waals surface area contributed by atoms with Gasteiger partial charge in [-0.15, -0.1) is 0 Å². The summed E-state index contributed by atoms with van der Waals surface area (Å²) in [6, 6.07) is 7.69. The molecule has 24 heavy (non-hydrogen) atoms. The lowest BCUT2D eigenvalue weighted by molar-refractivity contribution is -0.121. The Kier molecular flexibility index (Phi) is 5.87. The zero-order chi connectivity index (χ0) is 17.7. The second-order valence-electron chi connectivity index (χ2n) is 5.64. The number of carbonyl (C=O) groups is 2. The minimum absolute atomic E-state index is 0.0901. The summed E-state index contributed by atoms with van der Waals surface area (Å²) in [7, 11) is 3.41. The normalized spacial score (nSPS) is 10.9. The van der Waals surface area contributed by atoms with Crippen LogP contribution in [-0.4, -0.2) is 49.0 Å². The van der Waals surface area contributed by atoms with Crippen molar-refractivity contribution in [3.8, 4) is 0 Å². The lowest BCUT2D eigenvalue weighted by Gasteiger charge is -2.19. The van der Waals surface area contributed by atoms with E-state index < -0.39 is 0 Å². The minimum atomic E-state index is -0.378. The maximum atomic E-state index is 12.4. The van der Waals surface area contributed by atoms with Gasteiger partial charge in [-0.05, 0) is 32.5 Å². The van der Waals surface area contributed by atoms with Crippen LogP contribution in [0.4, 0.5) is 0 Å². The molecule has 0 bridgehead atoms. The van der Waals surface area contributed by atoms with Crippen molar-refractivity contribution in [1.29, 1.82) is 0 Å². The highest BCUT2D eigenvalue weighted by Crippen LogP contribution is 2.24. The van der Waals surface area contributed by atoms with Gasteiger partial charge in [-0.3, -0.25) is 14.7 Å². The number of aryl methyl sites for hydroxylation is 1. The van der Waals surface area contributed by atoms with E-state index in [1.807, 2.05) is 43.1 Å². The molecule has 0 fully saturated rings. The summed E-state index contributed by atoms with van der Waals surface area (Å²) in [6.45, 7) is 4.59. The number of benzene rings is 1. The summed E-state index contributed by atoms with van der Waals surface area (Å²) in [6.07, 6.45) is 0. The largest absolute Gasteiger partial charge is 0.462 e. The number of hydrogen-bond donors (Lipinski definition) is 1. The number of likely N-dealkylation sites (N-methyl/N-ethyl adjacent to an activating group) is 2. The van der Waals surface area contributed by atoms with Crippen molar-refractivity contribution in [2.75, 3.05) is 27.2 Å². The van der Waals surface area contributed by atoms with Crippen molar-refractivity contribution in [1.82, 2.24) is 15.2 Å². The molecule has 0 aliphatic rings. The first kappa shape index (κ1) is 17.9. The van der Waals surface area contributed by atoms with E-state index in [1.54, 1.807) is 14.0 Å². The molecule has 0 aliphatic heterocycles. The zero-order valence-corrected chi connectivity index (χ0v) is 14.5. The third-order valence-corrected chi connectivity index (χ3v) is 3.82. The number of rotatable bonds is 6. The highest BCUT2D eigenvalue weighted by molar-refractivity contribution is 5.98. The Balaban J connectivity index is 2.47. The highest BCUT2D eigenvalue weighted by Gasteiger charge is 2.21. The van der Waals surface area contributed by atoms with E-state index in [-0.39, 0.29) is 18.4 Å². The molecule has 6 heteroatoms. The molecule has 0 saturated heterocycles. The summed E-state index contributed by atoms with van der Waals surface area (Å²) < 4.78 is 5.21. The number of ether oxygens (including phenoxy) is 1. The fraction of sp³-hybridized carbons (Fsp3) is 0.389. The van der Waals surface area contributed by atoms with Crippen LogP contribution in [0.1, 0.15) is 28.5 Å². The molecule has 1 amide bonds. The molecule has 0 radical (unpaired) electrons. The van der Waals surface area contributed by atoms with Crippen molar-refractivity contribution in [2.24, 2.45) is 0 Å². The summed E-state index contributed by atoms with van der Waals surface area (Å²) in [4.78, 5) is 30.4. The van der Waals surface area contributed by atoms with E-state index in [0.29, 0.717) is 24.4 Å². The number of carbonyl (C=O) groups excluding carboxylic acids is 2. The van der Waals surface area contributed by atoms with Crippen LogP contribution < -0.4 is 5.32 Å². The van der Waals surface area contributed by atoms with Gasteiger partial charge in [-0.25, -0.2) is 4.79 Å². The first-order chi connectivity index (χ1) is 11.5. The molecule has 1 N–H and O–H groups in total. The van der Waals surface area contributed by atoms with Crippen molar-refractivity contribution >= 4 is 22.8 Å². The van der Waals surface area contributed by atoms with Crippen LogP contribution in [0.2, 0.25) is 0 Å². The summed E-state index contributed by atoms with van der Waals surface area (Å²) in [5, 5.41) is 3.52. The molecular formula is C18H23N3O3. The van der Waals surface area contributed by atoms with Crippen molar-refractivity contribution < 1.29 is 14.3 Å². The van der Waals surface area contributed by atoms with Gasteiger partial charge in [0.25, 0.3) is 0 Å².